The molecule has 0 saturated heterocycles. The molecule has 5 heteroatoms. The minimum Gasteiger partial charge on any atom is -0.454 e. The van der Waals surface area contributed by atoms with Crippen LogP contribution in [-0.4, -0.2) is 23.8 Å². The first kappa shape index (κ1) is 15.3. The smallest absolute Gasteiger partial charge is 0.238 e. The SMILES string of the molecule is C=Cc1ccccc1[SiH](CC(F)F)O[Si](C)(C)C. The summed E-state index contributed by atoms with van der Waals surface area (Å²) in [6.45, 7) is 9.85. The second kappa shape index (κ2) is 6.40. The Morgan fingerprint density at radius 1 is 1.33 bits per heavy atom. The highest BCUT2D eigenvalue weighted by atomic mass is 28.4. The fourth-order valence-corrected chi connectivity index (χ4v) is 7.61. The molecule has 1 aromatic carbocycles. The number of hydrogen-bond acceptors (Lipinski definition) is 1. The molecule has 0 spiro atoms. The minimum atomic E-state index is -2.31. The molecule has 1 aromatic rings. The first-order chi connectivity index (χ1) is 8.33. The number of benzene rings is 1. The predicted octanol–water partition coefficient (Wildman–Crippen LogP) is 3.38. The van der Waals surface area contributed by atoms with Gasteiger partial charge in [0.1, 0.15) is 0 Å². The second-order valence-electron chi connectivity index (χ2n) is 5.18. The van der Waals surface area contributed by atoms with Gasteiger partial charge >= 0.3 is 0 Å². The van der Waals surface area contributed by atoms with Crippen molar-refractivity contribution in [1.29, 1.82) is 0 Å². The van der Waals surface area contributed by atoms with Gasteiger partial charge in [0, 0.05) is 6.04 Å². The van der Waals surface area contributed by atoms with Crippen molar-refractivity contribution in [3.8, 4) is 0 Å². The zero-order chi connectivity index (χ0) is 13.8. The molecule has 0 N–H and O–H groups in total. The molecule has 0 aliphatic heterocycles. The minimum absolute atomic E-state index is 0.130. The summed E-state index contributed by atoms with van der Waals surface area (Å²) < 4.78 is 31.5. The first-order valence-corrected chi connectivity index (χ1v) is 11.3. The summed E-state index contributed by atoms with van der Waals surface area (Å²) >= 11 is 0. The molecule has 1 nitrogen and oxygen atoms in total. The second-order valence-corrected chi connectivity index (χ2v) is 12.4. The lowest BCUT2D eigenvalue weighted by Gasteiger charge is -2.26. The van der Waals surface area contributed by atoms with Crippen molar-refractivity contribution in [3.05, 3.63) is 36.4 Å². The van der Waals surface area contributed by atoms with E-state index in [1.54, 1.807) is 6.08 Å². The Morgan fingerprint density at radius 2 is 1.94 bits per heavy atom. The zero-order valence-corrected chi connectivity index (χ0v) is 13.3. The van der Waals surface area contributed by atoms with Gasteiger partial charge in [-0.3, -0.25) is 0 Å². The van der Waals surface area contributed by atoms with Gasteiger partial charge in [0.25, 0.3) is 0 Å². The standard InChI is InChI=1S/C13H20F2OSi2/c1-5-11-8-6-7-9-12(11)17(10-13(14)15)16-18(2,3)4/h5-9,13,17H,1,10H2,2-4H3. The Balaban J connectivity index is 3.04. The summed E-state index contributed by atoms with van der Waals surface area (Å²) in [7, 11) is -3.90. The van der Waals surface area contributed by atoms with Crippen LogP contribution in [0.25, 0.3) is 6.08 Å². The monoisotopic (exact) mass is 286 g/mol. The van der Waals surface area contributed by atoms with E-state index >= 15 is 0 Å². The summed E-state index contributed by atoms with van der Waals surface area (Å²) in [4.78, 5) is 0. The van der Waals surface area contributed by atoms with Crippen molar-refractivity contribution in [1.82, 2.24) is 0 Å². The van der Waals surface area contributed by atoms with Gasteiger partial charge in [-0.2, -0.15) is 0 Å². The van der Waals surface area contributed by atoms with Crippen LogP contribution in [0, 0.1) is 0 Å². The Hall–Kier alpha value is -0.786. The van der Waals surface area contributed by atoms with E-state index in [0.717, 1.165) is 10.8 Å². The van der Waals surface area contributed by atoms with Crippen LogP contribution in [0.5, 0.6) is 0 Å². The third kappa shape index (κ3) is 4.83. The molecule has 100 valence electrons. The predicted molar refractivity (Wildman–Crippen MR) is 78.6 cm³/mol. The molecule has 1 unspecified atom stereocenters. The molecule has 0 saturated carbocycles. The molecular weight excluding hydrogens is 266 g/mol. The quantitative estimate of drug-likeness (QED) is 0.729. The van der Waals surface area contributed by atoms with Gasteiger partial charge < -0.3 is 4.12 Å². The lowest BCUT2D eigenvalue weighted by atomic mass is 10.2. The van der Waals surface area contributed by atoms with Crippen LogP contribution in [-0.2, 0) is 4.12 Å². The van der Waals surface area contributed by atoms with Crippen molar-refractivity contribution in [2.24, 2.45) is 0 Å². The molecule has 0 amide bonds. The molecule has 0 aliphatic rings. The van der Waals surface area contributed by atoms with E-state index in [1.165, 1.54) is 0 Å². The average molecular weight is 286 g/mol. The van der Waals surface area contributed by atoms with Gasteiger partial charge in [-0.25, -0.2) is 8.78 Å². The molecule has 18 heavy (non-hydrogen) atoms. The van der Waals surface area contributed by atoms with E-state index < -0.39 is 23.8 Å². The van der Waals surface area contributed by atoms with E-state index in [4.69, 9.17) is 4.12 Å². The van der Waals surface area contributed by atoms with Crippen molar-refractivity contribution in [3.63, 3.8) is 0 Å². The topological polar surface area (TPSA) is 9.23 Å². The lowest BCUT2D eigenvalue weighted by Crippen LogP contribution is -2.44. The van der Waals surface area contributed by atoms with Crippen LogP contribution < -0.4 is 5.19 Å². The highest BCUT2D eigenvalue weighted by Crippen LogP contribution is 2.14. The van der Waals surface area contributed by atoms with Crippen LogP contribution in [0.4, 0.5) is 8.78 Å². The summed E-state index contributed by atoms with van der Waals surface area (Å²) in [6.07, 6.45) is -0.593. The van der Waals surface area contributed by atoms with Gasteiger partial charge in [-0.05, 0) is 30.4 Å². The summed E-state index contributed by atoms with van der Waals surface area (Å²) in [6, 6.07) is 7.44. The van der Waals surface area contributed by atoms with Gasteiger partial charge in [0.05, 0.1) is 0 Å². The third-order valence-electron chi connectivity index (χ3n) is 2.45. The summed E-state index contributed by atoms with van der Waals surface area (Å²) in [5.74, 6) is 0. The highest BCUT2D eigenvalue weighted by Gasteiger charge is 2.27. The van der Waals surface area contributed by atoms with E-state index in [-0.39, 0.29) is 6.04 Å². The Kier molecular flexibility index (Phi) is 5.43. The molecule has 0 heterocycles. The fourth-order valence-electron chi connectivity index (χ4n) is 1.82. The van der Waals surface area contributed by atoms with E-state index in [9.17, 15) is 8.78 Å². The average Bonchev–Trinajstić information content (AvgIpc) is 2.25. The highest BCUT2D eigenvalue weighted by molar-refractivity contribution is 6.82. The van der Waals surface area contributed by atoms with Gasteiger partial charge in [0.2, 0.25) is 15.5 Å². The van der Waals surface area contributed by atoms with Crippen LogP contribution in [0.1, 0.15) is 5.56 Å². The Bertz CT molecular complexity index is 402. The van der Waals surface area contributed by atoms with Crippen molar-refractivity contribution in [2.45, 2.75) is 32.1 Å². The van der Waals surface area contributed by atoms with E-state index in [2.05, 4.69) is 6.58 Å². The number of rotatable bonds is 6. The van der Waals surface area contributed by atoms with Crippen molar-refractivity contribution >= 4 is 28.6 Å². The van der Waals surface area contributed by atoms with Crippen molar-refractivity contribution in [2.75, 3.05) is 0 Å². The molecule has 0 radical (unpaired) electrons. The maximum absolute atomic E-state index is 12.7. The van der Waals surface area contributed by atoms with Crippen molar-refractivity contribution < 1.29 is 12.9 Å². The number of halogens is 2. The van der Waals surface area contributed by atoms with Gasteiger partial charge in [-0.1, -0.05) is 36.9 Å². The summed E-state index contributed by atoms with van der Waals surface area (Å²) in [5, 5.41) is 0.940. The van der Waals surface area contributed by atoms with Crippen LogP contribution >= 0.6 is 0 Å². The molecule has 0 bridgehead atoms. The molecule has 0 aromatic heterocycles. The Labute approximate surface area is 110 Å². The van der Waals surface area contributed by atoms with Gasteiger partial charge in [0.15, 0.2) is 8.32 Å². The third-order valence-corrected chi connectivity index (χ3v) is 8.42. The normalized spacial score (nSPS) is 13.7. The molecule has 0 fully saturated rings. The number of alkyl halides is 2. The van der Waals surface area contributed by atoms with E-state index in [1.807, 2.05) is 43.9 Å². The van der Waals surface area contributed by atoms with Crippen LogP contribution in [0.3, 0.4) is 0 Å². The number of hydrogen-bond donors (Lipinski definition) is 0. The van der Waals surface area contributed by atoms with Gasteiger partial charge in [-0.15, -0.1) is 0 Å². The lowest BCUT2D eigenvalue weighted by molar-refractivity contribution is 0.168. The van der Waals surface area contributed by atoms with E-state index in [0.29, 0.717) is 0 Å². The maximum atomic E-state index is 12.7. The molecular formula is C13H20F2OSi2. The summed E-state index contributed by atoms with van der Waals surface area (Å²) in [5.41, 5.74) is 0.924. The maximum Gasteiger partial charge on any atom is 0.238 e. The zero-order valence-electron chi connectivity index (χ0n) is 11.1. The molecule has 0 aliphatic carbocycles. The fraction of sp³-hybridized carbons (Fsp3) is 0.385. The Morgan fingerprint density at radius 3 is 2.44 bits per heavy atom. The largest absolute Gasteiger partial charge is 0.454 e. The molecule has 1 rings (SSSR count). The molecule has 1 atom stereocenters. The van der Waals surface area contributed by atoms with Crippen LogP contribution in [0.15, 0.2) is 30.8 Å². The van der Waals surface area contributed by atoms with Crippen LogP contribution in [0.2, 0.25) is 25.7 Å². The first-order valence-electron chi connectivity index (χ1n) is 6.01.